The van der Waals surface area contributed by atoms with E-state index < -0.39 is 24.4 Å². The molecular formula is C23H20ClF3N4O5. The summed E-state index contributed by atoms with van der Waals surface area (Å²) in [6.07, 6.45) is -6.36. The molecule has 1 unspecified atom stereocenters. The van der Waals surface area contributed by atoms with Gasteiger partial charge in [0.25, 0.3) is 5.91 Å². The third-order valence-electron chi connectivity index (χ3n) is 5.23. The Morgan fingerprint density at radius 3 is 2.47 bits per heavy atom. The van der Waals surface area contributed by atoms with E-state index in [9.17, 15) is 27.9 Å². The number of ether oxygens (including phenoxy) is 2. The Bertz CT molecular complexity index is 1300. The molecule has 3 aromatic rings. The predicted octanol–water partition coefficient (Wildman–Crippen LogP) is 4.03. The third kappa shape index (κ3) is 5.39. The second-order valence-corrected chi connectivity index (χ2v) is 8.43. The number of aliphatic hydroxyl groups excluding tert-OH is 1. The van der Waals surface area contributed by atoms with Crippen LogP contribution in [0.3, 0.4) is 0 Å². The van der Waals surface area contributed by atoms with Crippen LogP contribution in [0.4, 0.5) is 19.0 Å². The second-order valence-electron chi connectivity index (χ2n) is 8.00. The maximum atomic E-state index is 13.4. The van der Waals surface area contributed by atoms with E-state index in [1.54, 1.807) is 24.3 Å². The van der Waals surface area contributed by atoms with E-state index in [1.807, 2.05) is 0 Å². The van der Waals surface area contributed by atoms with Crippen LogP contribution in [0.25, 0.3) is 0 Å². The highest BCUT2D eigenvalue weighted by Gasteiger charge is 2.41. The van der Waals surface area contributed by atoms with Crippen LogP contribution in [0.15, 0.2) is 48.5 Å². The van der Waals surface area contributed by atoms with Gasteiger partial charge in [0.05, 0.1) is 13.1 Å². The number of carbonyl (C=O) groups excluding carboxylic acids is 2. The van der Waals surface area contributed by atoms with Gasteiger partial charge in [-0.1, -0.05) is 29.8 Å². The van der Waals surface area contributed by atoms with Gasteiger partial charge in [0.2, 0.25) is 6.35 Å². The molecule has 0 bridgehead atoms. The quantitative estimate of drug-likeness (QED) is 0.498. The second kappa shape index (κ2) is 9.70. The first kappa shape index (κ1) is 25.3. The molecule has 13 heteroatoms. The number of alkyl halides is 3. The molecule has 0 saturated carbocycles. The van der Waals surface area contributed by atoms with Gasteiger partial charge in [-0.25, -0.2) is 0 Å². The van der Waals surface area contributed by atoms with Crippen molar-refractivity contribution in [1.29, 1.82) is 0 Å². The normalized spacial score (nSPS) is 15.6. The monoisotopic (exact) mass is 524 g/mol. The Hall–Kier alpha value is -3.77. The van der Waals surface area contributed by atoms with Gasteiger partial charge in [0.15, 0.2) is 11.5 Å². The molecule has 1 aromatic heterocycles. The first-order valence-corrected chi connectivity index (χ1v) is 10.9. The molecule has 1 atom stereocenters. The molecule has 0 spiro atoms. The number of nitrogens with zero attached hydrogens (tertiary/aromatic N) is 4. The SMILES string of the molecule is CC(=O)CN1C(=O)c2c(nc(Oc3cccc(OC(F)(F)F)c3)n2Cc2ccc(Cl)cc2)N(C)C1O. The number of ketones is 1. The number of Topliss-reactive ketones (excluding diaryl/α,β-unsaturated/α-hetero) is 1. The fourth-order valence-electron chi connectivity index (χ4n) is 3.67. The summed E-state index contributed by atoms with van der Waals surface area (Å²) >= 11 is 5.97. The summed E-state index contributed by atoms with van der Waals surface area (Å²) < 4.78 is 49.1. The molecule has 0 saturated heterocycles. The number of rotatable bonds is 7. The fourth-order valence-corrected chi connectivity index (χ4v) is 3.79. The van der Waals surface area contributed by atoms with Crippen LogP contribution < -0.4 is 14.4 Å². The number of anilines is 1. The number of hydrogen-bond donors (Lipinski definition) is 1. The average Bonchev–Trinajstić information content (AvgIpc) is 3.13. The maximum Gasteiger partial charge on any atom is 0.573 e. The van der Waals surface area contributed by atoms with Gasteiger partial charge < -0.3 is 19.5 Å². The Labute approximate surface area is 208 Å². The van der Waals surface area contributed by atoms with E-state index in [0.717, 1.165) is 17.0 Å². The first-order valence-electron chi connectivity index (χ1n) is 10.5. The number of hydrogen-bond acceptors (Lipinski definition) is 7. The predicted molar refractivity (Wildman–Crippen MR) is 122 cm³/mol. The Morgan fingerprint density at radius 2 is 1.83 bits per heavy atom. The molecule has 1 N–H and O–H groups in total. The van der Waals surface area contributed by atoms with E-state index in [2.05, 4.69) is 9.72 Å². The van der Waals surface area contributed by atoms with Gasteiger partial charge in [-0.3, -0.25) is 19.1 Å². The van der Waals surface area contributed by atoms with Gasteiger partial charge in [0, 0.05) is 18.1 Å². The summed E-state index contributed by atoms with van der Waals surface area (Å²) in [5, 5.41) is 11.1. The largest absolute Gasteiger partial charge is 0.573 e. The molecule has 9 nitrogen and oxygen atoms in total. The van der Waals surface area contributed by atoms with E-state index >= 15 is 0 Å². The minimum Gasteiger partial charge on any atom is -0.425 e. The summed E-state index contributed by atoms with van der Waals surface area (Å²) in [4.78, 5) is 31.7. The summed E-state index contributed by atoms with van der Waals surface area (Å²) in [7, 11) is 1.48. The molecule has 2 aromatic carbocycles. The van der Waals surface area contributed by atoms with Crippen LogP contribution in [0.5, 0.6) is 17.5 Å². The lowest BCUT2D eigenvalue weighted by atomic mass is 10.2. The minimum absolute atomic E-state index is 0.0247. The molecule has 36 heavy (non-hydrogen) atoms. The maximum absolute atomic E-state index is 13.4. The van der Waals surface area contributed by atoms with Crippen molar-refractivity contribution in [3.63, 3.8) is 0 Å². The van der Waals surface area contributed by atoms with E-state index in [-0.39, 0.29) is 42.1 Å². The lowest BCUT2D eigenvalue weighted by molar-refractivity contribution is -0.274. The fraction of sp³-hybridized carbons (Fsp3) is 0.261. The van der Waals surface area contributed by atoms with Crippen LogP contribution in [-0.2, 0) is 11.3 Å². The van der Waals surface area contributed by atoms with Crippen molar-refractivity contribution in [3.8, 4) is 17.5 Å². The Balaban J connectivity index is 1.78. The lowest BCUT2D eigenvalue weighted by Gasteiger charge is -2.37. The molecule has 1 aliphatic rings. The van der Waals surface area contributed by atoms with Crippen LogP contribution in [-0.4, -0.2) is 57.6 Å². The first-order chi connectivity index (χ1) is 16.9. The Morgan fingerprint density at radius 1 is 1.17 bits per heavy atom. The lowest BCUT2D eigenvalue weighted by Crippen LogP contribution is -2.55. The molecule has 190 valence electrons. The zero-order valence-electron chi connectivity index (χ0n) is 19.0. The summed E-state index contributed by atoms with van der Waals surface area (Å²) in [5.74, 6) is -1.49. The van der Waals surface area contributed by atoms with E-state index in [1.165, 1.54) is 35.6 Å². The number of carbonyl (C=O) groups is 2. The van der Waals surface area contributed by atoms with Crippen LogP contribution in [0.1, 0.15) is 23.0 Å². The van der Waals surface area contributed by atoms with Gasteiger partial charge in [-0.15, -0.1) is 13.2 Å². The smallest absolute Gasteiger partial charge is 0.425 e. The van der Waals surface area contributed by atoms with Crippen molar-refractivity contribution >= 4 is 29.1 Å². The van der Waals surface area contributed by atoms with E-state index in [0.29, 0.717) is 10.6 Å². The van der Waals surface area contributed by atoms with Crippen molar-refractivity contribution in [2.45, 2.75) is 26.2 Å². The van der Waals surface area contributed by atoms with E-state index in [4.69, 9.17) is 16.3 Å². The van der Waals surface area contributed by atoms with Gasteiger partial charge >= 0.3 is 12.4 Å². The third-order valence-corrected chi connectivity index (χ3v) is 5.48. The summed E-state index contributed by atoms with van der Waals surface area (Å²) in [6.45, 7) is 1.01. The van der Waals surface area contributed by atoms with Gasteiger partial charge in [-0.2, -0.15) is 4.98 Å². The van der Waals surface area contributed by atoms with Crippen LogP contribution in [0, 0.1) is 0 Å². The van der Waals surface area contributed by atoms with Crippen molar-refractivity contribution in [3.05, 3.63) is 64.8 Å². The number of aliphatic hydroxyl groups is 1. The van der Waals surface area contributed by atoms with Crippen molar-refractivity contribution < 1.29 is 37.3 Å². The molecule has 4 rings (SSSR count). The zero-order chi connectivity index (χ0) is 26.2. The van der Waals surface area contributed by atoms with Crippen molar-refractivity contribution in [1.82, 2.24) is 14.5 Å². The molecule has 0 fully saturated rings. The number of aromatic nitrogens is 2. The highest BCUT2D eigenvalue weighted by Crippen LogP contribution is 2.36. The zero-order valence-corrected chi connectivity index (χ0v) is 19.7. The van der Waals surface area contributed by atoms with Gasteiger partial charge in [-0.05, 0) is 36.8 Å². The Kier molecular flexibility index (Phi) is 6.83. The molecule has 2 heterocycles. The summed E-state index contributed by atoms with van der Waals surface area (Å²) in [6, 6.07) is 11.4. The number of fused-ring (bicyclic) bond motifs is 1. The topological polar surface area (TPSA) is 97.1 Å². The van der Waals surface area contributed by atoms with Crippen LogP contribution in [0.2, 0.25) is 5.02 Å². The number of benzene rings is 2. The standard InChI is InChI=1S/C23H20ClF3N4O5/c1-13(32)11-31-20(33)18-19(29(2)22(31)34)28-21(30(18)12-14-6-8-15(24)9-7-14)35-16-4-3-5-17(10-16)36-23(25,26)27/h3-10,22,34H,11-12H2,1-2H3. The minimum atomic E-state index is -4.89. The van der Waals surface area contributed by atoms with Gasteiger partial charge in [0.1, 0.15) is 17.3 Å². The highest BCUT2D eigenvalue weighted by molar-refractivity contribution is 6.30. The number of halogens is 4. The molecule has 1 amide bonds. The average molecular weight is 525 g/mol. The van der Waals surface area contributed by atoms with Crippen molar-refractivity contribution in [2.24, 2.45) is 0 Å². The summed E-state index contributed by atoms with van der Waals surface area (Å²) in [5.41, 5.74) is 0.731. The number of imidazole rings is 1. The highest BCUT2D eigenvalue weighted by atomic mass is 35.5. The molecular weight excluding hydrogens is 505 g/mol. The van der Waals surface area contributed by atoms with Crippen molar-refractivity contribution in [2.75, 3.05) is 18.5 Å². The molecule has 0 radical (unpaired) electrons. The number of amides is 1. The molecule has 1 aliphatic heterocycles. The molecule has 0 aliphatic carbocycles. The van der Waals surface area contributed by atoms with Crippen LogP contribution >= 0.6 is 11.6 Å².